The van der Waals surface area contributed by atoms with Gasteiger partial charge in [0, 0.05) is 30.3 Å². The van der Waals surface area contributed by atoms with Crippen molar-refractivity contribution >= 4 is 33.0 Å². The van der Waals surface area contributed by atoms with Gasteiger partial charge in [-0.15, -0.1) is 0 Å². The van der Waals surface area contributed by atoms with E-state index < -0.39 is 9.84 Å². The van der Waals surface area contributed by atoms with Crippen molar-refractivity contribution in [1.82, 2.24) is 0 Å². The molecule has 29 heavy (non-hydrogen) atoms. The van der Waals surface area contributed by atoms with Crippen molar-refractivity contribution in [3.8, 4) is 0 Å². The van der Waals surface area contributed by atoms with Crippen LogP contribution in [0.1, 0.15) is 37.8 Å². The van der Waals surface area contributed by atoms with Gasteiger partial charge in [0.05, 0.1) is 10.6 Å². The number of hydrogen-bond acceptors (Lipinski definition) is 4. The minimum Gasteiger partial charge on any atom is -0.326 e. The van der Waals surface area contributed by atoms with Crippen LogP contribution in [-0.2, 0) is 25.8 Å². The molecule has 7 heteroatoms. The molecule has 154 valence electrons. The lowest BCUT2D eigenvalue weighted by molar-refractivity contribution is -0.118. The van der Waals surface area contributed by atoms with Gasteiger partial charge in [0.2, 0.25) is 11.8 Å². The zero-order chi connectivity index (χ0) is 21.2. The van der Waals surface area contributed by atoms with Crippen LogP contribution in [0.15, 0.2) is 47.4 Å². The highest BCUT2D eigenvalue weighted by Gasteiger charge is 2.31. The van der Waals surface area contributed by atoms with Gasteiger partial charge in [0.25, 0.3) is 0 Å². The van der Waals surface area contributed by atoms with Gasteiger partial charge in [-0.1, -0.05) is 25.1 Å². The lowest BCUT2D eigenvalue weighted by atomic mass is 10.1. The number of nitrogens with one attached hydrogen (secondary N) is 1. The summed E-state index contributed by atoms with van der Waals surface area (Å²) >= 11 is 0. The van der Waals surface area contributed by atoms with Gasteiger partial charge < -0.3 is 10.2 Å². The highest BCUT2D eigenvalue weighted by atomic mass is 32.2. The zero-order valence-electron chi connectivity index (χ0n) is 16.9. The fourth-order valence-corrected chi connectivity index (χ4v) is 4.91. The lowest BCUT2D eigenvalue weighted by Crippen LogP contribution is -2.35. The Morgan fingerprint density at radius 2 is 1.90 bits per heavy atom. The molecule has 0 aromatic heterocycles. The van der Waals surface area contributed by atoms with Crippen molar-refractivity contribution in [3.63, 3.8) is 0 Å². The molecule has 2 amide bonds. The van der Waals surface area contributed by atoms with E-state index in [9.17, 15) is 18.0 Å². The first-order valence-electron chi connectivity index (χ1n) is 9.76. The molecule has 1 aliphatic heterocycles. The molecular weight excluding hydrogens is 388 g/mol. The van der Waals surface area contributed by atoms with Crippen LogP contribution in [0, 0.1) is 6.92 Å². The number of benzene rings is 2. The topological polar surface area (TPSA) is 83.6 Å². The Hall–Kier alpha value is -2.67. The number of rotatable bonds is 6. The van der Waals surface area contributed by atoms with Gasteiger partial charge in [0.15, 0.2) is 9.84 Å². The molecule has 3 rings (SSSR count). The van der Waals surface area contributed by atoms with E-state index in [0.717, 1.165) is 16.8 Å². The average molecular weight is 415 g/mol. The summed E-state index contributed by atoms with van der Waals surface area (Å²) in [5.41, 5.74) is 3.23. The van der Waals surface area contributed by atoms with Gasteiger partial charge in [-0.05, 0) is 55.7 Å². The second-order valence-electron chi connectivity index (χ2n) is 7.39. The Labute approximate surface area is 171 Å². The van der Waals surface area contributed by atoms with E-state index in [4.69, 9.17) is 0 Å². The summed E-state index contributed by atoms with van der Waals surface area (Å²) in [5, 5.41) is 2.76. The second-order valence-corrected chi connectivity index (χ2v) is 9.50. The molecule has 0 fully saturated rings. The molecule has 0 radical (unpaired) electrons. The minimum atomic E-state index is -3.60. The normalized spacial score (nSPS) is 15.8. The van der Waals surface area contributed by atoms with E-state index in [2.05, 4.69) is 5.32 Å². The molecule has 2 aromatic rings. The van der Waals surface area contributed by atoms with Gasteiger partial charge in [-0.2, -0.15) is 0 Å². The number of anilines is 2. The molecule has 0 bridgehead atoms. The molecule has 1 N–H and O–H groups in total. The fraction of sp³-hybridized carbons (Fsp3) is 0.364. The number of para-hydroxylation sites is 1. The first-order chi connectivity index (χ1) is 13.7. The number of carbonyl (C=O) groups is 2. The molecule has 0 aliphatic carbocycles. The molecule has 6 nitrogen and oxygen atoms in total. The van der Waals surface area contributed by atoms with Crippen LogP contribution >= 0.6 is 0 Å². The van der Waals surface area contributed by atoms with Gasteiger partial charge in [0.1, 0.15) is 0 Å². The number of amides is 2. The van der Waals surface area contributed by atoms with Crippen LogP contribution in [0.5, 0.6) is 0 Å². The first kappa shape index (κ1) is 21.0. The largest absolute Gasteiger partial charge is 0.326 e. The number of sulfone groups is 1. The Bertz CT molecular complexity index is 1050. The van der Waals surface area contributed by atoms with Gasteiger partial charge in [-0.25, -0.2) is 8.42 Å². The quantitative estimate of drug-likeness (QED) is 0.784. The summed E-state index contributed by atoms with van der Waals surface area (Å²) in [4.78, 5) is 26.3. The van der Waals surface area contributed by atoms with Crippen molar-refractivity contribution in [1.29, 1.82) is 0 Å². The Morgan fingerprint density at radius 1 is 1.17 bits per heavy atom. The number of hydrogen-bond donors (Lipinski definition) is 1. The lowest BCUT2D eigenvalue weighted by Gasteiger charge is -2.22. The third-order valence-electron chi connectivity index (χ3n) is 5.21. The molecule has 0 saturated carbocycles. The summed E-state index contributed by atoms with van der Waals surface area (Å²) in [7, 11) is -3.60. The maximum absolute atomic E-state index is 12.7. The van der Waals surface area contributed by atoms with Crippen LogP contribution in [0.4, 0.5) is 11.4 Å². The van der Waals surface area contributed by atoms with E-state index >= 15 is 0 Å². The molecule has 1 aliphatic rings. The predicted molar refractivity (Wildman–Crippen MR) is 114 cm³/mol. The minimum absolute atomic E-state index is 0.00953. The standard InChI is InChI=1S/C22H26N2O4S/c1-4-22(26)24-16(3)13-17-14-18(9-10-20(17)24)29(27,28)12-11-21(25)23-19-8-6-5-7-15(19)2/h5-10,14,16H,4,11-13H2,1-3H3,(H,23,25). The maximum atomic E-state index is 12.7. The first-order valence-corrected chi connectivity index (χ1v) is 11.4. The van der Waals surface area contributed by atoms with Gasteiger partial charge in [-0.3, -0.25) is 9.59 Å². The molecular formula is C22H26N2O4S. The number of fused-ring (bicyclic) bond motifs is 1. The second kappa shape index (κ2) is 8.37. The summed E-state index contributed by atoms with van der Waals surface area (Å²) in [6, 6.07) is 12.2. The zero-order valence-corrected chi connectivity index (χ0v) is 17.8. The predicted octanol–water partition coefficient (Wildman–Crippen LogP) is 3.49. The highest BCUT2D eigenvalue weighted by Crippen LogP contribution is 2.34. The molecule has 1 unspecified atom stereocenters. The Balaban J connectivity index is 1.71. The average Bonchev–Trinajstić information content (AvgIpc) is 3.02. The molecule has 0 spiro atoms. The van der Waals surface area contributed by atoms with Gasteiger partial charge >= 0.3 is 0 Å². The third-order valence-corrected chi connectivity index (χ3v) is 6.93. The summed E-state index contributed by atoms with van der Waals surface area (Å²) in [6.45, 7) is 5.65. The van der Waals surface area contributed by atoms with E-state index in [1.807, 2.05) is 39.0 Å². The van der Waals surface area contributed by atoms with Crippen molar-refractivity contribution in [3.05, 3.63) is 53.6 Å². The summed E-state index contributed by atoms with van der Waals surface area (Å²) in [6.07, 6.45) is 0.905. The number of carbonyl (C=O) groups excluding carboxylic acids is 2. The molecule has 2 aromatic carbocycles. The number of aryl methyl sites for hydroxylation is 1. The van der Waals surface area contributed by atoms with Crippen LogP contribution in [0.25, 0.3) is 0 Å². The van der Waals surface area contributed by atoms with Crippen molar-refractivity contribution in [2.24, 2.45) is 0 Å². The summed E-state index contributed by atoms with van der Waals surface area (Å²) in [5.74, 6) is -0.575. The monoisotopic (exact) mass is 414 g/mol. The van der Waals surface area contributed by atoms with E-state index in [-0.39, 0.29) is 34.9 Å². The summed E-state index contributed by atoms with van der Waals surface area (Å²) < 4.78 is 25.5. The molecule has 1 atom stereocenters. The smallest absolute Gasteiger partial charge is 0.226 e. The van der Waals surface area contributed by atoms with Crippen LogP contribution in [0.2, 0.25) is 0 Å². The fourth-order valence-electron chi connectivity index (χ4n) is 3.62. The van der Waals surface area contributed by atoms with Crippen LogP contribution < -0.4 is 10.2 Å². The van der Waals surface area contributed by atoms with Crippen molar-refractivity contribution in [2.45, 2.75) is 51.0 Å². The SMILES string of the molecule is CCC(=O)N1c2ccc(S(=O)(=O)CCC(=O)Nc3ccccc3C)cc2CC1C. The van der Waals surface area contributed by atoms with Crippen molar-refractivity contribution < 1.29 is 18.0 Å². The maximum Gasteiger partial charge on any atom is 0.226 e. The molecule has 1 heterocycles. The number of nitrogens with zero attached hydrogens (tertiary/aromatic N) is 1. The Kier molecular flexibility index (Phi) is 6.07. The van der Waals surface area contributed by atoms with Crippen molar-refractivity contribution in [2.75, 3.05) is 16.0 Å². The van der Waals surface area contributed by atoms with E-state index in [1.54, 1.807) is 23.1 Å². The van der Waals surface area contributed by atoms with Crippen LogP contribution in [0.3, 0.4) is 0 Å². The highest BCUT2D eigenvalue weighted by molar-refractivity contribution is 7.91. The van der Waals surface area contributed by atoms with E-state index in [1.165, 1.54) is 6.07 Å². The van der Waals surface area contributed by atoms with E-state index in [0.29, 0.717) is 18.5 Å². The molecule has 0 saturated heterocycles. The Morgan fingerprint density at radius 3 is 2.59 bits per heavy atom. The third kappa shape index (κ3) is 4.50. The van der Waals surface area contributed by atoms with Crippen LogP contribution in [-0.4, -0.2) is 32.0 Å².